The lowest BCUT2D eigenvalue weighted by Crippen LogP contribution is -2.48. The van der Waals surface area contributed by atoms with Gasteiger partial charge in [0, 0.05) is 31.7 Å². The number of hydrogen-bond donors (Lipinski definition) is 2. The maximum Gasteiger partial charge on any atom is 0.238 e. The second kappa shape index (κ2) is 8.01. The van der Waals surface area contributed by atoms with Gasteiger partial charge < -0.3 is 15.3 Å². The Bertz CT molecular complexity index is 798. The van der Waals surface area contributed by atoms with Crippen LogP contribution in [-0.2, 0) is 4.79 Å². The molecule has 0 saturated carbocycles. The molecule has 1 fully saturated rings. The summed E-state index contributed by atoms with van der Waals surface area (Å²) in [6.45, 7) is 4.72. The lowest BCUT2D eigenvalue weighted by atomic mass is 10.1. The number of phenolic OH excluding ortho intramolecular Hbond substituents is 1. The summed E-state index contributed by atoms with van der Waals surface area (Å²) in [4.78, 5) is 28.2. The van der Waals surface area contributed by atoms with Gasteiger partial charge in [-0.3, -0.25) is 14.5 Å². The maximum atomic E-state index is 12.3. The largest absolute Gasteiger partial charge is 0.506 e. The predicted molar refractivity (Wildman–Crippen MR) is 102 cm³/mol. The Kier molecular flexibility index (Phi) is 5.53. The lowest BCUT2D eigenvalue weighted by Gasteiger charge is -2.35. The molecule has 1 heterocycles. The van der Waals surface area contributed by atoms with Crippen molar-refractivity contribution >= 4 is 23.1 Å². The molecular weight excluding hydrogens is 330 g/mol. The van der Waals surface area contributed by atoms with Crippen LogP contribution in [-0.4, -0.2) is 54.4 Å². The summed E-state index contributed by atoms with van der Waals surface area (Å²) in [6, 6.07) is 14.3. The van der Waals surface area contributed by atoms with Gasteiger partial charge in [0.2, 0.25) is 5.91 Å². The van der Waals surface area contributed by atoms with Crippen molar-refractivity contribution in [1.29, 1.82) is 0 Å². The number of carbonyl (C=O) groups is 2. The first kappa shape index (κ1) is 17.9. The van der Waals surface area contributed by atoms with Crippen LogP contribution in [0.1, 0.15) is 17.3 Å². The van der Waals surface area contributed by atoms with Crippen molar-refractivity contribution in [2.24, 2.45) is 0 Å². The number of carbonyl (C=O) groups excluding carboxylic acids is 2. The topological polar surface area (TPSA) is 72.9 Å². The van der Waals surface area contributed by atoms with Crippen LogP contribution >= 0.6 is 0 Å². The quantitative estimate of drug-likeness (QED) is 0.808. The fourth-order valence-corrected chi connectivity index (χ4v) is 3.17. The first-order valence-electron chi connectivity index (χ1n) is 8.69. The normalized spacial score (nSPS) is 14.9. The Balaban J connectivity index is 1.54. The van der Waals surface area contributed by atoms with Crippen molar-refractivity contribution in [3.05, 3.63) is 54.1 Å². The Hall–Kier alpha value is -2.86. The minimum Gasteiger partial charge on any atom is -0.506 e. The molecule has 0 unspecified atom stereocenters. The molecule has 3 rings (SSSR count). The molecule has 2 aromatic rings. The number of para-hydroxylation sites is 3. The summed E-state index contributed by atoms with van der Waals surface area (Å²) >= 11 is 0. The van der Waals surface area contributed by atoms with Gasteiger partial charge in [-0.25, -0.2) is 0 Å². The zero-order chi connectivity index (χ0) is 18.5. The third kappa shape index (κ3) is 4.21. The highest BCUT2D eigenvalue weighted by Crippen LogP contribution is 2.27. The second-order valence-electron chi connectivity index (χ2n) is 6.40. The van der Waals surface area contributed by atoms with Crippen molar-refractivity contribution in [2.45, 2.75) is 6.92 Å². The van der Waals surface area contributed by atoms with Gasteiger partial charge in [-0.2, -0.15) is 0 Å². The van der Waals surface area contributed by atoms with Crippen LogP contribution < -0.4 is 10.2 Å². The number of rotatable bonds is 5. The van der Waals surface area contributed by atoms with Crippen LogP contribution in [0.25, 0.3) is 0 Å². The predicted octanol–water partition coefficient (Wildman–Crippen LogP) is 2.36. The van der Waals surface area contributed by atoms with Crippen LogP contribution in [0.3, 0.4) is 0 Å². The smallest absolute Gasteiger partial charge is 0.238 e. The van der Waals surface area contributed by atoms with Gasteiger partial charge in [0.1, 0.15) is 5.75 Å². The van der Waals surface area contributed by atoms with Gasteiger partial charge >= 0.3 is 0 Å². The fourth-order valence-electron chi connectivity index (χ4n) is 3.17. The molecule has 0 radical (unpaired) electrons. The Morgan fingerprint density at radius 1 is 1.00 bits per heavy atom. The Labute approximate surface area is 153 Å². The molecule has 2 aromatic carbocycles. The number of hydrogen-bond acceptors (Lipinski definition) is 5. The maximum absolute atomic E-state index is 12.3. The molecule has 0 aromatic heterocycles. The zero-order valence-corrected chi connectivity index (χ0v) is 14.8. The average Bonchev–Trinajstić information content (AvgIpc) is 2.63. The van der Waals surface area contributed by atoms with Gasteiger partial charge in [-0.05, 0) is 31.2 Å². The fraction of sp³-hybridized carbons (Fsp3) is 0.300. The summed E-state index contributed by atoms with van der Waals surface area (Å²) in [6.07, 6.45) is 0. The average molecular weight is 353 g/mol. The summed E-state index contributed by atoms with van der Waals surface area (Å²) in [5.41, 5.74) is 1.90. The van der Waals surface area contributed by atoms with Crippen LogP contribution in [0.15, 0.2) is 48.5 Å². The number of nitrogens with zero attached hydrogens (tertiary/aromatic N) is 2. The standard InChI is InChI=1S/C20H23N3O3/c1-15(24)16-6-2-3-7-17(16)21-20(26)14-22-10-12-23(13-11-22)18-8-4-5-9-19(18)25/h2-9,25H,10-14H2,1H3,(H,21,26). The molecule has 0 bridgehead atoms. The van der Waals surface area contributed by atoms with E-state index in [0.29, 0.717) is 11.3 Å². The molecule has 6 heteroatoms. The third-order valence-electron chi connectivity index (χ3n) is 4.54. The van der Waals surface area contributed by atoms with E-state index >= 15 is 0 Å². The van der Waals surface area contributed by atoms with Crippen molar-refractivity contribution in [2.75, 3.05) is 42.9 Å². The van der Waals surface area contributed by atoms with Gasteiger partial charge in [-0.15, -0.1) is 0 Å². The van der Waals surface area contributed by atoms with E-state index in [2.05, 4.69) is 15.1 Å². The van der Waals surface area contributed by atoms with E-state index in [1.54, 1.807) is 36.4 Å². The molecule has 1 aliphatic rings. The minimum absolute atomic E-state index is 0.0721. The molecule has 0 spiro atoms. The first-order valence-corrected chi connectivity index (χ1v) is 8.69. The summed E-state index contributed by atoms with van der Waals surface area (Å²) in [7, 11) is 0. The van der Waals surface area contributed by atoms with Crippen molar-refractivity contribution in [3.63, 3.8) is 0 Å². The van der Waals surface area contributed by atoms with E-state index in [1.807, 2.05) is 12.1 Å². The minimum atomic E-state index is -0.130. The zero-order valence-electron chi connectivity index (χ0n) is 14.8. The number of phenols is 1. The summed E-state index contributed by atoms with van der Waals surface area (Å²) in [5, 5.41) is 12.8. The highest BCUT2D eigenvalue weighted by molar-refractivity contribution is 6.04. The molecule has 0 atom stereocenters. The number of ketones is 1. The highest BCUT2D eigenvalue weighted by Gasteiger charge is 2.21. The van der Waals surface area contributed by atoms with Gasteiger partial charge in [0.25, 0.3) is 0 Å². The van der Waals surface area contributed by atoms with Crippen molar-refractivity contribution in [3.8, 4) is 5.75 Å². The molecule has 1 saturated heterocycles. The van der Waals surface area contributed by atoms with Crippen molar-refractivity contribution < 1.29 is 14.7 Å². The van der Waals surface area contributed by atoms with Crippen LogP contribution in [0.2, 0.25) is 0 Å². The van der Waals surface area contributed by atoms with Crippen LogP contribution in [0.4, 0.5) is 11.4 Å². The number of aromatic hydroxyl groups is 1. The molecule has 136 valence electrons. The molecule has 6 nitrogen and oxygen atoms in total. The number of Topliss-reactive ketones (excluding diaryl/α,β-unsaturated/α-hetero) is 1. The van der Waals surface area contributed by atoms with Gasteiger partial charge in [0.15, 0.2) is 5.78 Å². The monoisotopic (exact) mass is 353 g/mol. The molecule has 1 aliphatic heterocycles. The number of benzene rings is 2. The lowest BCUT2D eigenvalue weighted by molar-refractivity contribution is -0.117. The summed E-state index contributed by atoms with van der Waals surface area (Å²) < 4.78 is 0. The van der Waals surface area contributed by atoms with E-state index in [4.69, 9.17) is 0 Å². The van der Waals surface area contributed by atoms with Gasteiger partial charge in [0.05, 0.1) is 17.9 Å². The van der Waals surface area contributed by atoms with Crippen LogP contribution in [0, 0.1) is 0 Å². The van der Waals surface area contributed by atoms with E-state index in [0.717, 1.165) is 31.9 Å². The first-order chi connectivity index (χ1) is 12.5. The second-order valence-corrected chi connectivity index (χ2v) is 6.40. The molecule has 2 N–H and O–H groups in total. The number of nitrogens with one attached hydrogen (secondary N) is 1. The van der Waals surface area contributed by atoms with Crippen LogP contribution in [0.5, 0.6) is 5.75 Å². The Morgan fingerprint density at radius 2 is 1.65 bits per heavy atom. The van der Waals surface area contributed by atoms with E-state index in [9.17, 15) is 14.7 Å². The highest BCUT2D eigenvalue weighted by atomic mass is 16.3. The third-order valence-corrected chi connectivity index (χ3v) is 4.54. The summed E-state index contributed by atoms with van der Waals surface area (Å²) in [5.74, 6) is 0.0754. The SMILES string of the molecule is CC(=O)c1ccccc1NC(=O)CN1CCN(c2ccccc2O)CC1. The molecule has 0 aliphatic carbocycles. The number of amides is 1. The van der Waals surface area contributed by atoms with E-state index in [-0.39, 0.29) is 24.0 Å². The molecule has 26 heavy (non-hydrogen) atoms. The van der Waals surface area contributed by atoms with Crippen molar-refractivity contribution in [1.82, 2.24) is 4.90 Å². The van der Waals surface area contributed by atoms with Gasteiger partial charge in [-0.1, -0.05) is 24.3 Å². The molecule has 1 amide bonds. The molecular formula is C20H23N3O3. The Morgan fingerprint density at radius 3 is 2.35 bits per heavy atom. The number of piperazine rings is 1. The number of anilines is 2. The van der Waals surface area contributed by atoms with E-state index < -0.39 is 0 Å². The van der Waals surface area contributed by atoms with E-state index in [1.165, 1.54) is 6.92 Å².